The fraction of sp³-hybridized carbons (Fsp3) is 0.350. The van der Waals surface area contributed by atoms with Crippen LogP contribution in [-0.4, -0.2) is 26.1 Å². The molecule has 0 saturated heterocycles. The molecule has 28 heavy (non-hydrogen) atoms. The third kappa shape index (κ3) is 3.49. The largest absolute Gasteiger partial charge is 0.488 e. The number of aromatic nitrogens is 3. The summed E-state index contributed by atoms with van der Waals surface area (Å²) in [5.41, 5.74) is 6.68. The molecular weight excluding hydrogens is 380 g/mol. The summed E-state index contributed by atoms with van der Waals surface area (Å²) in [6, 6.07) is 7.32. The Morgan fingerprint density at radius 3 is 2.64 bits per heavy atom. The van der Waals surface area contributed by atoms with Crippen LogP contribution < -0.4 is 16.0 Å². The van der Waals surface area contributed by atoms with Gasteiger partial charge in [-0.15, -0.1) is 0 Å². The molecule has 7 nitrogen and oxygen atoms in total. The molecular formula is C20H23ClN4O3. The number of ether oxygens (including phenoxy) is 1. The molecule has 8 heteroatoms. The van der Waals surface area contributed by atoms with Crippen molar-refractivity contribution in [3.05, 3.63) is 56.7 Å². The summed E-state index contributed by atoms with van der Waals surface area (Å²) in [4.78, 5) is 30.1. The number of carbonyl (C=O) groups excluding carboxylic acids is 1. The molecule has 0 unspecified atom stereocenters. The monoisotopic (exact) mass is 402 g/mol. The Morgan fingerprint density at radius 2 is 2.07 bits per heavy atom. The molecule has 2 N–H and O–H groups in total. The van der Waals surface area contributed by atoms with Crippen LogP contribution in [0, 0.1) is 0 Å². The second-order valence-corrected chi connectivity index (χ2v) is 7.31. The molecule has 0 radical (unpaired) electrons. The molecule has 3 aromatic rings. The van der Waals surface area contributed by atoms with E-state index in [1.54, 1.807) is 17.7 Å². The van der Waals surface area contributed by atoms with Gasteiger partial charge in [-0.05, 0) is 31.5 Å². The van der Waals surface area contributed by atoms with Crippen molar-refractivity contribution in [1.82, 2.24) is 14.1 Å². The van der Waals surface area contributed by atoms with Crippen LogP contribution in [0.25, 0.3) is 11.0 Å². The van der Waals surface area contributed by atoms with Crippen molar-refractivity contribution in [3.63, 3.8) is 0 Å². The Labute approximate surface area is 167 Å². The molecule has 1 amide bonds. The van der Waals surface area contributed by atoms with Crippen LogP contribution in [0.1, 0.15) is 42.6 Å². The summed E-state index contributed by atoms with van der Waals surface area (Å²) in [7, 11) is 1.66. The first kappa shape index (κ1) is 19.9. The van der Waals surface area contributed by atoms with E-state index in [4.69, 9.17) is 22.1 Å². The molecule has 148 valence electrons. The summed E-state index contributed by atoms with van der Waals surface area (Å²) in [6.07, 6.45) is 0.304. The standard InChI is InChI=1S/C20H23ClN4O3/c1-5-14-23-19-15(17(28-11(2)3)16(18(22)26)24(19)4)20(27)25(14)10-12-7-6-8-13(21)9-12/h6-9,11H,5,10H2,1-4H3,(H2,22,26). The fourth-order valence-electron chi connectivity index (χ4n) is 3.28. The fourth-order valence-corrected chi connectivity index (χ4v) is 3.50. The first-order valence-corrected chi connectivity index (χ1v) is 9.45. The second-order valence-electron chi connectivity index (χ2n) is 6.87. The minimum Gasteiger partial charge on any atom is -0.488 e. The maximum Gasteiger partial charge on any atom is 0.269 e. The maximum atomic E-state index is 13.4. The first-order valence-electron chi connectivity index (χ1n) is 9.07. The number of benzene rings is 1. The molecule has 0 aliphatic carbocycles. The number of amides is 1. The summed E-state index contributed by atoms with van der Waals surface area (Å²) >= 11 is 6.08. The molecule has 0 atom stereocenters. The zero-order valence-electron chi connectivity index (χ0n) is 16.3. The van der Waals surface area contributed by atoms with Crippen molar-refractivity contribution in [1.29, 1.82) is 0 Å². The Morgan fingerprint density at radius 1 is 1.36 bits per heavy atom. The van der Waals surface area contributed by atoms with Gasteiger partial charge < -0.3 is 15.0 Å². The lowest BCUT2D eigenvalue weighted by Crippen LogP contribution is -2.26. The Kier molecular flexibility index (Phi) is 5.47. The van der Waals surface area contributed by atoms with Gasteiger partial charge in [0.1, 0.15) is 11.2 Å². The molecule has 0 fully saturated rings. The Balaban J connectivity index is 2.32. The highest BCUT2D eigenvalue weighted by Gasteiger charge is 2.27. The van der Waals surface area contributed by atoms with Crippen LogP contribution in [0.3, 0.4) is 0 Å². The maximum absolute atomic E-state index is 13.4. The predicted molar refractivity (Wildman–Crippen MR) is 109 cm³/mol. The van der Waals surface area contributed by atoms with E-state index in [0.717, 1.165) is 5.56 Å². The van der Waals surface area contributed by atoms with Gasteiger partial charge in [0.2, 0.25) is 0 Å². The van der Waals surface area contributed by atoms with Crippen molar-refractivity contribution in [3.8, 4) is 5.75 Å². The highest BCUT2D eigenvalue weighted by molar-refractivity contribution is 6.30. The van der Waals surface area contributed by atoms with Gasteiger partial charge in [0.05, 0.1) is 12.6 Å². The highest BCUT2D eigenvalue weighted by Crippen LogP contribution is 2.30. The number of nitrogens with zero attached hydrogens (tertiary/aromatic N) is 3. The van der Waals surface area contributed by atoms with Crippen molar-refractivity contribution >= 4 is 28.5 Å². The molecule has 0 bridgehead atoms. The van der Waals surface area contributed by atoms with Gasteiger partial charge in [-0.3, -0.25) is 14.2 Å². The Bertz CT molecular complexity index is 1110. The topological polar surface area (TPSA) is 92.1 Å². The van der Waals surface area contributed by atoms with Gasteiger partial charge >= 0.3 is 0 Å². The van der Waals surface area contributed by atoms with Gasteiger partial charge in [-0.25, -0.2) is 4.98 Å². The van der Waals surface area contributed by atoms with Crippen LogP contribution in [0.2, 0.25) is 5.02 Å². The van der Waals surface area contributed by atoms with Crippen LogP contribution >= 0.6 is 11.6 Å². The van der Waals surface area contributed by atoms with Crippen molar-refractivity contribution in [2.24, 2.45) is 12.8 Å². The van der Waals surface area contributed by atoms with Crippen LogP contribution in [0.4, 0.5) is 0 Å². The number of primary amides is 1. The van der Waals surface area contributed by atoms with Crippen molar-refractivity contribution in [2.75, 3.05) is 0 Å². The number of fused-ring (bicyclic) bond motifs is 1. The molecule has 0 spiro atoms. The molecule has 1 aromatic carbocycles. The number of carbonyl (C=O) groups is 1. The van der Waals surface area contributed by atoms with Crippen LogP contribution in [-0.2, 0) is 20.0 Å². The molecule has 3 rings (SSSR count). The van der Waals surface area contributed by atoms with E-state index < -0.39 is 5.91 Å². The number of hydrogen-bond acceptors (Lipinski definition) is 4. The predicted octanol–water partition coefficient (Wildman–Crippen LogP) is 2.89. The van der Waals surface area contributed by atoms with E-state index in [1.807, 2.05) is 39.0 Å². The third-order valence-electron chi connectivity index (χ3n) is 4.46. The van der Waals surface area contributed by atoms with Crippen LogP contribution in [0.5, 0.6) is 5.75 Å². The number of aryl methyl sites for hydroxylation is 2. The van der Waals surface area contributed by atoms with E-state index in [9.17, 15) is 9.59 Å². The van der Waals surface area contributed by atoms with E-state index >= 15 is 0 Å². The van der Waals surface area contributed by atoms with E-state index in [0.29, 0.717) is 29.5 Å². The van der Waals surface area contributed by atoms with Crippen molar-refractivity contribution in [2.45, 2.75) is 39.8 Å². The average molecular weight is 403 g/mol. The summed E-state index contributed by atoms with van der Waals surface area (Å²) < 4.78 is 8.94. The van der Waals surface area contributed by atoms with Gasteiger partial charge in [0.15, 0.2) is 17.1 Å². The quantitative estimate of drug-likeness (QED) is 0.686. The average Bonchev–Trinajstić information content (AvgIpc) is 2.88. The summed E-state index contributed by atoms with van der Waals surface area (Å²) in [6.45, 7) is 5.88. The molecule has 0 aliphatic heterocycles. The smallest absolute Gasteiger partial charge is 0.269 e. The van der Waals surface area contributed by atoms with Gasteiger partial charge in [-0.1, -0.05) is 30.7 Å². The van der Waals surface area contributed by atoms with E-state index in [2.05, 4.69) is 4.98 Å². The second kappa shape index (κ2) is 7.67. The minimum absolute atomic E-state index is 0.135. The lowest BCUT2D eigenvalue weighted by molar-refractivity contribution is 0.0987. The third-order valence-corrected chi connectivity index (χ3v) is 4.69. The number of hydrogen-bond donors (Lipinski definition) is 1. The zero-order chi connectivity index (χ0) is 20.6. The Hall–Kier alpha value is -2.80. The van der Waals surface area contributed by atoms with Gasteiger partial charge in [0, 0.05) is 18.5 Å². The van der Waals surface area contributed by atoms with Gasteiger partial charge in [0.25, 0.3) is 11.5 Å². The van der Waals surface area contributed by atoms with E-state index in [1.165, 1.54) is 4.57 Å². The minimum atomic E-state index is -0.671. The first-order chi connectivity index (χ1) is 13.2. The molecule has 0 aliphatic rings. The highest BCUT2D eigenvalue weighted by atomic mass is 35.5. The molecule has 2 heterocycles. The van der Waals surface area contributed by atoms with Crippen molar-refractivity contribution < 1.29 is 9.53 Å². The van der Waals surface area contributed by atoms with Gasteiger partial charge in [-0.2, -0.15) is 0 Å². The number of halogens is 1. The zero-order valence-corrected chi connectivity index (χ0v) is 17.1. The number of rotatable bonds is 6. The van der Waals surface area contributed by atoms with E-state index in [-0.39, 0.29) is 28.5 Å². The molecule has 2 aromatic heterocycles. The SMILES string of the molecule is CCc1nc2c(c(OC(C)C)c(C(N)=O)n2C)c(=O)n1Cc1cccc(Cl)c1. The lowest BCUT2D eigenvalue weighted by atomic mass is 10.2. The normalized spacial score (nSPS) is 11.4. The summed E-state index contributed by atoms with van der Waals surface area (Å²) in [5.74, 6) is 0.111. The molecule has 0 saturated carbocycles. The number of nitrogens with two attached hydrogens (primary N) is 1. The summed E-state index contributed by atoms with van der Waals surface area (Å²) in [5, 5.41) is 0.849. The lowest BCUT2D eigenvalue weighted by Gasteiger charge is -2.13. The van der Waals surface area contributed by atoms with Crippen LogP contribution in [0.15, 0.2) is 29.1 Å².